The van der Waals surface area contributed by atoms with Crippen molar-refractivity contribution in [3.63, 3.8) is 0 Å². The number of hydrogen-bond donors (Lipinski definition) is 2. The lowest BCUT2D eigenvalue weighted by Crippen LogP contribution is -2.09. The van der Waals surface area contributed by atoms with E-state index in [1.807, 2.05) is 30.3 Å². The molecule has 0 saturated heterocycles. The van der Waals surface area contributed by atoms with Gasteiger partial charge in [0.15, 0.2) is 0 Å². The van der Waals surface area contributed by atoms with E-state index in [0.29, 0.717) is 17.3 Å². The predicted molar refractivity (Wildman–Crippen MR) is 102 cm³/mol. The van der Waals surface area contributed by atoms with Crippen molar-refractivity contribution >= 4 is 27.3 Å². The minimum atomic E-state index is -3.33. The number of benzene rings is 2. The van der Waals surface area contributed by atoms with Crippen LogP contribution in [0.25, 0.3) is 11.3 Å². The third-order valence-electron chi connectivity index (χ3n) is 3.46. The molecule has 7 nitrogen and oxygen atoms in total. The normalized spacial score (nSPS) is 11.0. The Balaban J connectivity index is 1.81. The number of anilines is 3. The first-order chi connectivity index (χ1) is 12.4. The van der Waals surface area contributed by atoms with Crippen LogP contribution in [0.2, 0.25) is 0 Å². The topological polar surface area (TPSA) is 93.2 Å². The second-order valence-corrected chi connectivity index (χ2v) is 7.32. The van der Waals surface area contributed by atoms with Gasteiger partial charge in [-0.25, -0.2) is 18.4 Å². The lowest BCUT2D eigenvalue weighted by atomic mass is 10.1. The standard InChI is InChI=1S/C18H18N4O3S/c1-25-16-8-6-13(7-9-16)17-10-11-19-18(21-17)20-14-4-3-5-15(12-14)22-26(2,23)24/h3-12,22H,1-2H3,(H,19,20,21). The van der Waals surface area contributed by atoms with Gasteiger partial charge in [-0.3, -0.25) is 4.72 Å². The molecule has 0 atom stereocenters. The van der Waals surface area contributed by atoms with Crippen LogP contribution in [-0.2, 0) is 10.0 Å². The third-order valence-corrected chi connectivity index (χ3v) is 4.07. The average molecular weight is 370 g/mol. The zero-order chi connectivity index (χ0) is 18.6. The maximum absolute atomic E-state index is 11.4. The smallest absolute Gasteiger partial charge is 0.229 e. The summed E-state index contributed by atoms with van der Waals surface area (Å²) in [5, 5.41) is 3.08. The van der Waals surface area contributed by atoms with E-state index >= 15 is 0 Å². The molecule has 134 valence electrons. The van der Waals surface area contributed by atoms with Gasteiger partial charge in [0.1, 0.15) is 5.75 Å². The zero-order valence-electron chi connectivity index (χ0n) is 14.3. The fourth-order valence-electron chi connectivity index (χ4n) is 2.35. The zero-order valence-corrected chi connectivity index (χ0v) is 15.1. The number of rotatable bonds is 6. The van der Waals surface area contributed by atoms with Crippen molar-refractivity contribution in [1.29, 1.82) is 0 Å². The van der Waals surface area contributed by atoms with Crippen LogP contribution in [-0.4, -0.2) is 31.8 Å². The first-order valence-corrected chi connectivity index (χ1v) is 9.64. The molecule has 0 bridgehead atoms. The van der Waals surface area contributed by atoms with E-state index in [-0.39, 0.29) is 0 Å². The molecule has 0 saturated carbocycles. The molecule has 3 rings (SSSR count). The van der Waals surface area contributed by atoms with Gasteiger partial charge in [-0.1, -0.05) is 6.07 Å². The maximum Gasteiger partial charge on any atom is 0.229 e. The van der Waals surface area contributed by atoms with Crippen LogP contribution in [0.5, 0.6) is 5.75 Å². The quantitative estimate of drug-likeness (QED) is 0.692. The minimum absolute atomic E-state index is 0.412. The van der Waals surface area contributed by atoms with Crippen LogP contribution >= 0.6 is 0 Å². The van der Waals surface area contributed by atoms with E-state index in [1.165, 1.54) is 0 Å². The van der Waals surface area contributed by atoms with Gasteiger partial charge in [-0.15, -0.1) is 0 Å². The molecule has 1 aromatic heterocycles. The molecule has 1 heterocycles. The molecule has 0 unspecified atom stereocenters. The van der Waals surface area contributed by atoms with E-state index < -0.39 is 10.0 Å². The highest BCUT2D eigenvalue weighted by Gasteiger charge is 2.06. The predicted octanol–water partition coefficient (Wildman–Crippen LogP) is 3.27. The molecule has 0 fully saturated rings. The Morgan fingerprint density at radius 1 is 1.00 bits per heavy atom. The Hall–Kier alpha value is -3.13. The van der Waals surface area contributed by atoms with Gasteiger partial charge in [-0.05, 0) is 48.5 Å². The summed E-state index contributed by atoms with van der Waals surface area (Å²) in [4.78, 5) is 8.71. The van der Waals surface area contributed by atoms with Crippen LogP contribution in [0.3, 0.4) is 0 Å². The number of sulfonamides is 1. The van der Waals surface area contributed by atoms with E-state index in [1.54, 1.807) is 37.6 Å². The lowest BCUT2D eigenvalue weighted by molar-refractivity contribution is 0.415. The number of nitrogens with zero attached hydrogens (tertiary/aromatic N) is 2. The van der Waals surface area contributed by atoms with Crippen LogP contribution in [0.15, 0.2) is 60.8 Å². The molecule has 2 aromatic carbocycles. The summed E-state index contributed by atoms with van der Waals surface area (Å²) in [5.41, 5.74) is 2.83. The Morgan fingerprint density at radius 2 is 1.73 bits per heavy atom. The molecule has 0 aliphatic rings. The van der Waals surface area contributed by atoms with E-state index in [0.717, 1.165) is 23.3 Å². The molecule has 26 heavy (non-hydrogen) atoms. The van der Waals surface area contributed by atoms with Gasteiger partial charge >= 0.3 is 0 Å². The van der Waals surface area contributed by atoms with Crippen molar-refractivity contribution in [2.75, 3.05) is 23.4 Å². The SMILES string of the molecule is COc1ccc(-c2ccnc(Nc3cccc(NS(C)(=O)=O)c3)n2)cc1. The fraction of sp³-hybridized carbons (Fsp3) is 0.111. The van der Waals surface area contributed by atoms with Crippen LogP contribution in [0.4, 0.5) is 17.3 Å². The monoisotopic (exact) mass is 370 g/mol. The van der Waals surface area contributed by atoms with Crippen molar-refractivity contribution in [3.8, 4) is 17.0 Å². The molecule has 3 aromatic rings. The van der Waals surface area contributed by atoms with Crippen molar-refractivity contribution in [2.45, 2.75) is 0 Å². The van der Waals surface area contributed by atoms with E-state index in [9.17, 15) is 8.42 Å². The van der Waals surface area contributed by atoms with Crippen molar-refractivity contribution in [1.82, 2.24) is 9.97 Å². The average Bonchev–Trinajstić information content (AvgIpc) is 2.61. The first kappa shape index (κ1) is 17.7. The Labute approximate surface area is 152 Å². The molecule has 0 radical (unpaired) electrons. The Kier molecular flexibility index (Phi) is 5.04. The molecular weight excluding hydrogens is 352 g/mol. The fourth-order valence-corrected chi connectivity index (χ4v) is 2.90. The molecule has 2 N–H and O–H groups in total. The summed E-state index contributed by atoms with van der Waals surface area (Å²) >= 11 is 0. The highest BCUT2D eigenvalue weighted by Crippen LogP contribution is 2.23. The van der Waals surface area contributed by atoms with Gasteiger partial charge in [-0.2, -0.15) is 0 Å². The highest BCUT2D eigenvalue weighted by atomic mass is 32.2. The van der Waals surface area contributed by atoms with Crippen LogP contribution < -0.4 is 14.8 Å². The largest absolute Gasteiger partial charge is 0.497 e. The second-order valence-electron chi connectivity index (χ2n) is 5.57. The van der Waals surface area contributed by atoms with Gasteiger partial charge in [0.05, 0.1) is 24.7 Å². The number of methoxy groups -OCH3 is 1. The molecule has 0 amide bonds. The van der Waals surface area contributed by atoms with Crippen LogP contribution in [0.1, 0.15) is 0 Å². The maximum atomic E-state index is 11.4. The molecule has 0 spiro atoms. The van der Waals surface area contributed by atoms with Gasteiger partial charge < -0.3 is 10.1 Å². The minimum Gasteiger partial charge on any atom is -0.497 e. The lowest BCUT2D eigenvalue weighted by Gasteiger charge is -2.09. The Bertz CT molecular complexity index is 1000. The summed E-state index contributed by atoms with van der Waals surface area (Å²) < 4.78 is 30.3. The first-order valence-electron chi connectivity index (χ1n) is 7.75. The van der Waals surface area contributed by atoms with Crippen molar-refractivity contribution in [3.05, 3.63) is 60.8 Å². The second kappa shape index (κ2) is 7.40. The van der Waals surface area contributed by atoms with Gasteiger partial charge in [0.2, 0.25) is 16.0 Å². The highest BCUT2D eigenvalue weighted by molar-refractivity contribution is 7.92. The number of ether oxygens (including phenoxy) is 1. The third kappa shape index (κ3) is 4.70. The molecule has 0 aliphatic heterocycles. The number of aromatic nitrogens is 2. The van der Waals surface area contributed by atoms with Gasteiger partial charge in [0, 0.05) is 17.4 Å². The summed E-state index contributed by atoms with van der Waals surface area (Å²) in [6, 6.07) is 16.3. The van der Waals surface area contributed by atoms with Crippen molar-refractivity contribution < 1.29 is 13.2 Å². The van der Waals surface area contributed by atoms with E-state index in [2.05, 4.69) is 20.0 Å². The summed E-state index contributed by atoms with van der Waals surface area (Å²) in [6.07, 6.45) is 2.77. The summed E-state index contributed by atoms with van der Waals surface area (Å²) in [7, 11) is -1.72. The number of hydrogen-bond acceptors (Lipinski definition) is 6. The van der Waals surface area contributed by atoms with Crippen molar-refractivity contribution in [2.24, 2.45) is 0 Å². The summed E-state index contributed by atoms with van der Waals surface area (Å²) in [5.74, 6) is 1.19. The summed E-state index contributed by atoms with van der Waals surface area (Å²) in [6.45, 7) is 0. The van der Waals surface area contributed by atoms with E-state index in [4.69, 9.17) is 4.74 Å². The van der Waals surface area contributed by atoms with Gasteiger partial charge in [0.25, 0.3) is 0 Å². The molecule has 8 heteroatoms. The van der Waals surface area contributed by atoms with Crippen LogP contribution in [0, 0.1) is 0 Å². The molecular formula is C18H18N4O3S. The number of nitrogens with one attached hydrogen (secondary N) is 2. The Morgan fingerprint density at radius 3 is 2.42 bits per heavy atom. The molecule has 0 aliphatic carbocycles.